The molecule has 1 heterocycles. The van der Waals surface area contributed by atoms with Gasteiger partial charge in [0.05, 0.1) is 16.5 Å². The standard InChI is InChI=1S/C63H43NO/c1-62(53-29-15-11-25-48(53)49-26-12-16-30-54(49)62)56-39-40-58(60-52-28-14-18-32-59(52)65-61(56)60)64(46-35-33-43(34-36-46)42-19-5-2-6-20-42)47-37-38-51-50-27-13-17-31-55(50)63(57(51)41-47,44-21-7-3-8-22-44)45-23-9-4-10-24-45/h2-41H,1H3. The van der Waals surface area contributed by atoms with E-state index in [0.717, 1.165) is 44.6 Å². The molecule has 2 aliphatic carbocycles. The van der Waals surface area contributed by atoms with E-state index in [4.69, 9.17) is 4.42 Å². The fourth-order valence-corrected chi connectivity index (χ4v) is 11.6. The van der Waals surface area contributed by atoms with Gasteiger partial charge in [0.25, 0.3) is 0 Å². The number of furan rings is 1. The van der Waals surface area contributed by atoms with Gasteiger partial charge >= 0.3 is 0 Å². The second-order valence-corrected chi connectivity index (χ2v) is 17.7. The Morgan fingerprint density at radius 1 is 0.369 bits per heavy atom. The van der Waals surface area contributed by atoms with Gasteiger partial charge in [0.1, 0.15) is 11.2 Å². The molecular weight excluding hydrogens is 787 g/mol. The molecule has 13 rings (SSSR count). The highest BCUT2D eigenvalue weighted by molar-refractivity contribution is 6.15. The summed E-state index contributed by atoms with van der Waals surface area (Å²) < 4.78 is 7.17. The van der Waals surface area contributed by atoms with Gasteiger partial charge in [0, 0.05) is 27.7 Å². The van der Waals surface area contributed by atoms with Crippen LogP contribution in [0.5, 0.6) is 0 Å². The SMILES string of the molecule is CC1(c2ccc(N(c3ccc(-c4ccccc4)cc3)c3ccc4c(c3)C(c3ccccc3)(c3ccccc3)c3ccccc3-4)c3c2oc2ccccc23)c2ccccc2-c2ccccc21. The van der Waals surface area contributed by atoms with E-state index in [9.17, 15) is 0 Å². The topological polar surface area (TPSA) is 16.4 Å². The minimum atomic E-state index is -0.549. The molecule has 0 amide bonds. The Balaban J connectivity index is 1.10. The van der Waals surface area contributed by atoms with E-state index in [1.54, 1.807) is 0 Å². The molecule has 306 valence electrons. The third kappa shape index (κ3) is 5.35. The van der Waals surface area contributed by atoms with E-state index in [0.29, 0.717) is 0 Å². The van der Waals surface area contributed by atoms with Crippen LogP contribution < -0.4 is 4.90 Å². The van der Waals surface area contributed by atoms with Crippen LogP contribution >= 0.6 is 0 Å². The zero-order valence-electron chi connectivity index (χ0n) is 35.9. The van der Waals surface area contributed by atoms with Gasteiger partial charge in [-0.1, -0.05) is 206 Å². The van der Waals surface area contributed by atoms with Crippen LogP contribution in [0, 0.1) is 0 Å². The minimum absolute atomic E-state index is 0.454. The predicted molar refractivity (Wildman–Crippen MR) is 269 cm³/mol. The van der Waals surface area contributed by atoms with Gasteiger partial charge in [-0.25, -0.2) is 0 Å². The van der Waals surface area contributed by atoms with Crippen molar-refractivity contribution in [1.29, 1.82) is 0 Å². The Labute approximate surface area is 379 Å². The number of rotatable bonds is 7. The van der Waals surface area contributed by atoms with Crippen LogP contribution in [0.4, 0.5) is 17.1 Å². The molecule has 0 aliphatic heterocycles. The summed E-state index contributed by atoms with van der Waals surface area (Å²) in [6.07, 6.45) is 0. The fourth-order valence-electron chi connectivity index (χ4n) is 11.6. The summed E-state index contributed by atoms with van der Waals surface area (Å²) in [6.45, 7) is 2.38. The first-order valence-corrected chi connectivity index (χ1v) is 22.6. The molecule has 11 aromatic rings. The van der Waals surface area contributed by atoms with Crippen molar-refractivity contribution in [3.63, 3.8) is 0 Å². The number of para-hydroxylation sites is 1. The van der Waals surface area contributed by atoms with Crippen molar-refractivity contribution in [3.8, 4) is 33.4 Å². The quantitative estimate of drug-likeness (QED) is 0.159. The summed E-state index contributed by atoms with van der Waals surface area (Å²) in [5, 5.41) is 2.18. The normalized spacial score (nSPS) is 13.9. The van der Waals surface area contributed by atoms with Crippen LogP contribution in [-0.4, -0.2) is 0 Å². The monoisotopic (exact) mass is 829 g/mol. The zero-order chi connectivity index (χ0) is 43.1. The Morgan fingerprint density at radius 2 is 0.862 bits per heavy atom. The lowest BCUT2D eigenvalue weighted by molar-refractivity contribution is 0.638. The predicted octanol–water partition coefficient (Wildman–Crippen LogP) is 16.4. The molecule has 0 N–H and O–H groups in total. The Bertz CT molecular complexity index is 3520. The summed E-state index contributed by atoms with van der Waals surface area (Å²) in [5.41, 5.74) is 20.2. The molecule has 0 radical (unpaired) electrons. The van der Waals surface area contributed by atoms with E-state index < -0.39 is 10.8 Å². The number of nitrogens with zero attached hydrogens (tertiary/aromatic N) is 1. The molecule has 0 atom stereocenters. The Morgan fingerprint density at radius 3 is 1.51 bits per heavy atom. The number of hydrogen-bond acceptors (Lipinski definition) is 2. The highest BCUT2D eigenvalue weighted by Gasteiger charge is 2.47. The highest BCUT2D eigenvalue weighted by Crippen LogP contribution is 2.59. The number of hydrogen-bond donors (Lipinski definition) is 0. The number of anilines is 3. The first kappa shape index (κ1) is 37.4. The molecule has 1 aromatic heterocycles. The fraction of sp³-hybridized carbons (Fsp3) is 0.0476. The second-order valence-electron chi connectivity index (χ2n) is 17.7. The first-order chi connectivity index (χ1) is 32.1. The maximum absolute atomic E-state index is 7.17. The average molecular weight is 830 g/mol. The van der Waals surface area contributed by atoms with Gasteiger partial charge in [-0.15, -0.1) is 0 Å². The minimum Gasteiger partial charge on any atom is -0.456 e. The molecule has 0 saturated heterocycles. The molecule has 0 spiro atoms. The summed E-state index contributed by atoms with van der Waals surface area (Å²) in [7, 11) is 0. The molecule has 2 aliphatic rings. The molecule has 2 heteroatoms. The summed E-state index contributed by atoms with van der Waals surface area (Å²) in [5.74, 6) is 0. The van der Waals surface area contributed by atoms with E-state index in [1.807, 2.05) is 0 Å². The maximum atomic E-state index is 7.17. The maximum Gasteiger partial charge on any atom is 0.141 e. The number of benzene rings is 10. The average Bonchev–Trinajstić information content (AvgIpc) is 4.00. The van der Waals surface area contributed by atoms with Crippen molar-refractivity contribution < 1.29 is 4.42 Å². The van der Waals surface area contributed by atoms with Crippen molar-refractivity contribution in [1.82, 2.24) is 0 Å². The van der Waals surface area contributed by atoms with E-state index in [-0.39, 0.29) is 0 Å². The van der Waals surface area contributed by atoms with Gasteiger partial charge in [-0.3, -0.25) is 0 Å². The Kier molecular flexibility index (Phi) is 8.29. The van der Waals surface area contributed by atoms with Gasteiger partial charge in [-0.2, -0.15) is 0 Å². The van der Waals surface area contributed by atoms with E-state index >= 15 is 0 Å². The zero-order valence-corrected chi connectivity index (χ0v) is 35.9. The lowest BCUT2D eigenvalue weighted by atomic mass is 9.67. The molecular formula is C63H43NO. The molecule has 0 saturated carbocycles. The van der Waals surface area contributed by atoms with Gasteiger partial charge < -0.3 is 9.32 Å². The van der Waals surface area contributed by atoms with Crippen LogP contribution in [0.1, 0.15) is 45.9 Å². The lowest BCUT2D eigenvalue weighted by Gasteiger charge is -2.35. The van der Waals surface area contributed by atoms with E-state index in [2.05, 4.69) is 254 Å². The summed E-state index contributed by atoms with van der Waals surface area (Å²) >= 11 is 0. The third-order valence-corrected chi connectivity index (χ3v) is 14.4. The van der Waals surface area contributed by atoms with Crippen LogP contribution in [0.25, 0.3) is 55.3 Å². The van der Waals surface area contributed by atoms with Crippen LogP contribution in [0.15, 0.2) is 247 Å². The van der Waals surface area contributed by atoms with E-state index in [1.165, 1.54) is 66.8 Å². The third-order valence-electron chi connectivity index (χ3n) is 14.4. The largest absolute Gasteiger partial charge is 0.456 e. The molecule has 0 bridgehead atoms. The first-order valence-electron chi connectivity index (χ1n) is 22.6. The molecule has 0 unspecified atom stereocenters. The van der Waals surface area contributed by atoms with Crippen LogP contribution in [0.3, 0.4) is 0 Å². The molecule has 2 nitrogen and oxygen atoms in total. The highest BCUT2D eigenvalue weighted by atomic mass is 16.3. The summed E-state index contributed by atoms with van der Waals surface area (Å²) in [4.78, 5) is 2.46. The van der Waals surface area contributed by atoms with Crippen molar-refractivity contribution in [2.45, 2.75) is 17.8 Å². The van der Waals surface area contributed by atoms with Gasteiger partial charge in [0.15, 0.2) is 0 Å². The molecule has 10 aromatic carbocycles. The molecule has 65 heavy (non-hydrogen) atoms. The summed E-state index contributed by atoms with van der Waals surface area (Å²) in [6, 6.07) is 89.0. The van der Waals surface area contributed by atoms with Crippen molar-refractivity contribution in [2.75, 3.05) is 4.90 Å². The second kappa shape index (κ2) is 14.4. The molecule has 0 fully saturated rings. The van der Waals surface area contributed by atoms with Crippen LogP contribution in [-0.2, 0) is 10.8 Å². The number of fused-ring (bicyclic) bond motifs is 9. The van der Waals surface area contributed by atoms with Crippen molar-refractivity contribution in [2.24, 2.45) is 0 Å². The van der Waals surface area contributed by atoms with Gasteiger partial charge in [-0.05, 0) is 110 Å². The van der Waals surface area contributed by atoms with Gasteiger partial charge in [0.2, 0.25) is 0 Å². The smallest absolute Gasteiger partial charge is 0.141 e. The van der Waals surface area contributed by atoms with Crippen molar-refractivity contribution in [3.05, 3.63) is 282 Å². The van der Waals surface area contributed by atoms with Crippen molar-refractivity contribution >= 4 is 39.0 Å². The lowest BCUT2D eigenvalue weighted by Crippen LogP contribution is -2.28. The van der Waals surface area contributed by atoms with Crippen LogP contribution in [0.2, 0.25) is 0 Å². The Hall–Kier alpha value is -8.20.